The van der Waals surface area contributed by atoms with E-state index in [4.69, 9.17) is 9.72 Å². The van der Waals surface area contributed by atoms with Crippen molar-refractivity contribution in [3.8, 4) is 0 Å². The quantitative estimate of drug-likeness (QED) is 0.656. The summed E-state index contributed by atoms with van der Waals surface area (Å²) in [6, 6.07) is 9.72. The molecule has 2 aliphatic carbocycles. The van der Waals surface area contributed by atoms with E-state index in [2.05, 4.69) is 17.2 Å². The van der Waals surface area contributed by atoms with E-state index in [0.717, 1.165) is 30.5 Å². The van der Waals surface area contributed by atoms with Gasteiger partial charge in [0, 0.05) is 43.6 Å². The van der Waals surface area contributed by atoms with Crippen LogP contribution in [0.2, 0.25) is 0 Å². The van der Waals surface area contributed by atoms with E-state index < -0.39 is 5.54 Å². The predicted octanol–water partition coefficient (Wildman–Crippen LogP) is 4.53. The van der Waals surface area contributed by atoms with Crippen LogP contribution in [0.5, 0.6) is 0 Å². The van der Waals surface area contributed by atoms with Crippen LogP contribution in [0.4, 0.5) is 16.3 Å². The molecule has 0 bridgehead atoms. The van der Waals surface area contributed by atoms with Gasteiger partial charge in [-0.25, -0.2) is 9.78 Å². The Morgan fingerprint density at radius 1 is 1.00 bits per heavy atom. The number of amides is 2. The normalized spacial score (nSPS) is 22.2. The Hall–Kier alpha value is -3.09. The molecule has 4 fully saturated rings. The average Bonchev–Trinajstić information content (AvgIpc) is 3.76. The van der Waals surface area contributed by atoms with Gasteiger partial charge in [0.15, 0.2) is 0 Å². The van der Waals surface area contributed by atoms with Crippen molar-refractivity contribution in [3.63, 3.8) is 0 Å². The van der Waals surface area contributed by atoms with Crippen molar-refractivity contribution in [1.29, 1.82) is 0 Å². The highest BCUT2D eigenvalue weighted by Crippen LogP contribution is 2.47. The van der Waals surface area contributed by atoms with E-state index in [1.54, 1.807) is 4.90 Å². The maximum atomic E-state index is 13.2. The lowest BCUT2D eigenvalue weighted by Crippen LogP contribution is -2.49. The number of ether oxygens (including phenoxy) is 1. The number of benzene rings is 1. The summed E-state index contributed by atoms with van der Waals surface area (Å²) in [5.74, 6) is 2.55. The van der Waals surface area contributed by atoms with Gasteiger partial charge in [0.25, 0.3) is 5.91 Å². The number of piperazine rings is 1. The highest BCUT2D eigenvalue weighted by Gasteiger charge is 2.41. The molecule has 1 aromatic heterocycles. The predicted molar refractivity (Wildman–Crippen MR) is 131 cm³/mol. The maximum Gasteiger partial charge on any atom is 0.414 e. The van der Waals surface area contributed by atoms with E-state index in [9.17, 15) is 9.59 Å². The molecule has 178 valence electrons. The molecule has 0 spiro atoms. The first-order valence-electron chi connectivity index (χ1n) is 12.5. The standard InChI is InChI=1S/C27H32N4O3/c1-27(2)17-34-26(33)31(27)22-9-7-20(8-10-22)25(32)30-13-11-29(12-14-30)24-23(19-5-6-19)15-21(16-28-24)18-3-4-18/h7-10,15-16,18-19H,3-6,11-14,17H2,1-2H3. The summed E-state index contributed by atoms with van der Waals surface area (Å²) in [6.45, 7) is 7.26. The fourth-order valence-corrected chi connectivity index (χ4v) is 5.22. The molecule has 6 rings (SSSR count). The fraction of sp³-hybridized carbons (Fsp3) is 0.519. The van der Waals surface area contributed by atoms with Crippen LogP contribution >= 0.6 is 0 Å². The second-order valence-electron chi connectivity index (χ2n) is 10.8. The zero-order chi connectivity index (χ0) is 23.4. The first-order valence-corrected chi connectivity index (χ1v) is 12.5. The van der Waals surface area contributed by atoms with Crippen LogP contribution in [0.3, 0.4) is 0 Å². The van der Waals surface area contributed by atoms with Crippen LogP contribution in [-0.4, -0.2) is 60.2 Å². The van der Waals surface area contributed by atoms with Crippen molar-refractivity contribution in [2.45, 2.75) is 56.9 Å². The Morgan fingerprint density at radius 2 is 1.68 bits per heavy atom. The number of aromatic nitrogens is 1. The van der Waals surface area contributed by atoms with E-state index in [1.807, 2.05) is 43.0 Å². The zero-order valence-electron chi connectivity index (χ0n) is 20.0. The zero-order valence-corrected chi connectivity index (χ0v) is 20.0. The van der Waals surface area contributed by atoms with Crippen molar-refractivity contribution in [3.05, 3.63) is 53.2 Å². The van der Waals surface area contributed by atoms with Crippen molar-refractivity contribution < 1.29 is 14.3 Å². The number of rotatable bonds is 5. The molecular weight excluding hydrogens is 428 g/mol. The number of carbonyl (C=O) groups is 2. The van der Waals surface area contributed by atoms with E-state index in [1.165, 1.54) is 36.8 Å². The van der Waals surface area contributed by atoms with Crippen molar-refractivity contribution in [1.82, 2.24) is 9.88 Å². The molecule has 2 aromatic rings. The Bertz CT molecular complexity index is 1110. The van der Waals surface area contributed by atoms with Gasteiger partial charge in [0.2, 0.25) is 0 Å². The average molecular weight is 461 g/mol. The fourth-order valence-electron chi connectivity index (χ4n) is 5.22. The molecule has 7 nitrogen and oxygen atoms in total. The lowest BCUT2D eigenvalue weighted by atomic mass is 10.0. The van der Waals surface area contributed by atoms with Crippen LogP contribution in [0.1, 0.15) is 72.9 Å². The number of nitrogens with zero attached hydrogens (tertiary/aromatic N) is 4. The number of pyridine rings is 1. The molecule has 2 saturated heterocycles. The van der Waals surface area contributed by atoms with Gasteiger partial charge in [-0.2, -0.15) is 0 Å². The molecule has 3 heterocycles. The third-order valence-electron chi connectivity index (χ3n) is 7.56. The third-order valence-corrected chi connectivity index (χ3v) is 7.56. The van der Waals surface area contributed by atoms with Gasteiger partial charge in [0.1, 0.15) is 12.4 Å². The third kappa shape index (κ3) is 3.91. The Morgan fingerprint density at radius 3 is 2.26 bits per heavy atom. The summed E-state index contributed by atoms with van der Waals surface area (Å²) in [4.78, 5) is 36.1. The molecule has 2 amide bonds. The summed E-state index contributed by atoms with van der Waals surface area (Å²) in [5, 5.41) is 0. The minimum Gasteiger partial charge on any atom is -0.447 e. The highest BCUT2D eigenvalue weighted by molar-refractivity contribution is 5.96. The van der Waals surface area contributed by atoms with Crippen LogP contribution in [0.25, 0.3) is 0 Å². The smallest absolute Gasteiger partial charge is 0.414 e. The summed E-state index contributed by atoms with van der Waals surface area (Å²) < 4.78 is 5.20. The number of hydrogen-bond donors (Lipinski definition) is 0. The summed E-state index contributed by atoms with van der Waals surface area (Å²) in [6.07, 6.45) is 6.87. The van der Waals surface area contributed by atoms with Gasteiger partial charge >= 0.3 is 6.09 Å². The second kappa shape index (κ2) is 8.00. The highest BCUT2D eigenvalue weighted by atomic mass is 16.6. The molecule has 7 heteroatoms. The topological polar surface area (TPSA) is 66.0 Å². The van der Waals surface area contributed by atoms with Gasteiger partial charge in [-0.3, -0.25) is 9.69 Å². The first kappa shape index (κ1) is 21.4. The molecule has 0 atom stereocenters. The lowest BCUT2D eigenvalue weighted by molar-refractivity contribution is 0.0746. The van der Waals surface area contributed by atoms with Crippen molar-refractivity contribution in [2.24, 2.45) is 0 Å². The van der Waals surface area contributed by atoms with Gasteiger partial charge in [-0.1, -0.05) is 6.07 Å². The molecule has 34 heavy (non-hydrogen) atoms. The number of anilines is 2. The van der Waals surface area contributed by atoms with Gasteiger partial charge in [-0.05, 0) is 86.8 Å². The monoisotopic (exact) mass is 460 g/mol. The molecule has 2 saturated carbocycles. The Kier molecular flexibility index (Phi) is 5.04. The van der Waals surface area contributed by atoms with E-state index >= 15 is 0 Å². The van der Waals surface area contributed by atoms with Crippen LogP contribution in [0, 0.1) is 0 Å². The summed E-state index contributed by atoms with van der Waals surface area (Å²) in [7, 11) is 0. The molecule has 1 aromatic carbocycles. The molecule has 0 unspecified atom stereocenters. The molecule has 2 aliphatic heterocycles. The minimum atomic E-state index is -0.400. The largest absolute Gasteiger partial charge is 0.447 e. The Labute approximate surface area is 200 Å². The van der Waals surface area contributed by atoms with Crippen molar-refractivity contribution in [2.75, 3.05) is 42.6 Å². The summed E-state index contributed by atoms with van der Waals surface area (Å²) in [5.41, 5.74) is 3.83. The minimum absolute atomic E-state index is 0.0360. The maximum absolute atomic E-state index is 13.2. The molecule has 0 N–H and O–H groups in total. The second-order valence-corrected chi connectivity index (χ2v) is 10.8. The van der Waals surface area contributed by atoms with Gasteiger partial charge < -0.3 is 14.5 Å². The summed E-state index contributed by atoms with van der Waals surface area (Å²) >= 11 is 0. The van der Waals surface area contributed by atoms with Crippen LogP contribution in [0.15, 0.2) is 36.5 Å². The van der Waals surface area contributed by atoms with Crippen molar-refractivity contribution >= 4 is 23.5 Å². The molecule has 4 aliphatic rings. The van der Waals surface area contributed by atoms with Crippen LogP contribution < -0.4 is 9.80 Å². The lowest BCUT2D eigenvalue weighted by Gasteiger charge is -2.36. The molecule has 0 radical (unpaired) electrons. The SMILES string of the molecule is CC1(C)COC(=O)N1c1ccc(C(=O)N2CCN(c3ncc(C4CC4)cc3C3CC3)CC2)cc1. The number of carbonyl (C=O) groups excluding carboxylic acids is 2. The van der Waals surface area contributed by atoms with Gasteiger partial charge in [0.05, 0.1) is 5.54 Å². The van der Waals surface area contributed by atoms with Crippen LogP contribution in [-0.2, 0) is 4.74 Å². The van der Waals surface area contributed by atoms with E-state index in [0.29, 0.717) is 31.2 Å². The first-order chi connectivity index (χ1) is 16.4. The number of cyclic esters (lactones) is 1. The van der Waals surface area contributed by atoms with E-state index in [-0.39, 0.29) is 12.0 Å². The number of hydrogen-bond acceptors (Lipinski definition) is 5. The van der Waals surface area contributed by atoms with Gasteiger partial charge in [-0.15, -0.1) is 0 Å². The molecular formula is C27H32N4O3. The Balaban J connectivity index is 1.12.